The van der Waals surface area contributed by atoms with Crippen LogP contribution in [0.15, 0.2) is 57.9 Å². The average Bonchev–Trinajstić information content (AvgIpc) is 3.31. The molecule has 0 unspecified atom stereocenters. The van der Waals surface area contributed by atoms with Crippen LogP contribution < -0.4 is 0 Å². The first-order valence-electron chi connectivity index (χ1n) is 9.58. The normalized spacial score (nSPS) is 15.1. The van der Waals surface area contributed by atoms with Crippen LogP contribution in [-0.4, -0.2) is 21.0 Å². The molecule has 2 heterocycles. The zero-order valence-electron chi connectivity index (χ0n) is 17.1. The van der Waals surface area contributed by atoms with Gasteiger partial charge in [0.25, 0.3) is 16.8 Å². The van der Waals surface area contributed by atoms with Gasteiger partial charge in [0.1, 0.15) is 17.3 Å². The molecule has 2 amide bonds. The van der Waals surface area contributed by atoms with Crippen LogP contribution in [0.25, 0.3) is 17.4 Å². The summed E-state index contributed by atoms with van der Waals surface area (Å²) in [6.07, 6.45) is 1.47. The molecule has 0 bridgehead atoms. The number of benzene rings is 2. The Morgan fingerprint density at radius 2 is 1.84 bits per heavy atom. The van der Waals surface area contributed by atoms with E-state index in [0.29, 0.717) is 28.2 Å². The SMILES string of the molecule is Cc1cc(-c2ccc(/C=C3\SC(=O)N(Cc4ccc(F)cc4)C3=O)o2)cc([N+](=O)[O-])c1C. The predicted octanol–water partition coefficient (Wildman–Crippen LogP) is 5.85. The first-order chi connectivity index (χ1) is 15.2. The van der Waals surface area contributed by atoms with E-state index in [1.165, 1.54) is 36.4 Å². The van der Waals surface area contributed by atoms with Gasteiger partial charge in [-0.1, -0.05) is 12.1 Å². The van der Waals surface area contributed by atoms with E-state index in [1.54, 1.807) is 32.0 Å². The van der Waals surface area contributed by atoms with Gasteiger partial charge < -0.3 is 4.42 Å². The molecule has 1 aromatic heterocycles. The number of furan rings is 1. The van der Waals surface area contributed by atoms with Gasteiger partial charge in [0.05, 0.1) is 16.4 Å². The molecular weight excluding hydrogens is 435 g/mol. The molecule has 162 valence electrons. The molecule has 0 N–H and O–H groups in total. The van der Waals surface area contributed by atoms with Gasteiger partial charge in [-0.3, -0.25) is 24.6 Å². The fraction of sp³-hybridized carbons (Fsp3) is 0.130. The first-order valence-corrected chi connectivity index (χ1v) is 10.4. The van der Waals surface area contributed by atoms with E-state index in [1.807, 2.05) is 0 Å². The third-order valence-corrected chi connectivity index (χ3v) is 6.06. The van der Waals surface area contributed by atoms with E-state index in [4.69, 9.17) is 4.42 Å². The molecule has 7 nitrogen and oxygen atoms in total. The van der Waals surface area contributed by atoms with Crippen LogP contribution in [0, 0.1) is 29.8 Å². The van der Waals surface area contributed by atoms with Gasteiger partial charge in [0.2, 0.25) is 0 Å². The van der Waals surface area contributed by atoms with Crippen LogP contribution in [0.2, 0.25) is 0 Å². The van der Waals surface area contributed by atoms with Crippen molar-refractivity contribution in [2.45, 2.75) is 20.4 Å². The molecule has 0 atom stereocenters. The lowest BCUT2D eigenvalue weighted by atomic mass is 10.0. The first kappa shape index (κ1) is 21.5. The summed E-state index contributed by atoms with van der Waals surface area (Å²) < 4.78 is 18.9. The number of rotatable bonds is 5. The number of carbonyl (C=O) groups excluding carboxylic acids is 2. The summed E-state index contributed by atoms with van der Waals surface area (Å²) in [5.74, 6) is -0.115. The third kappa shape index (κ3) is 4.19. The summed E-state index contributed by atoms with van der Waals surface area (Å²) in [6, 6.07) is 12.1. The zero-order chi connectivity index (χ0) is 23.0. The van der Waals surface area contributed by atoms with Gasteiger partial charge in [-0.25, -0.2) is 4.39 Å². The summed E-state index contributed by atoms with van der Waals surface area (Å²) in [4.78, 5) is 37.2. The number of thioether (sulfide) groups is 1. The highest BCUT2D eigenvalue weighted by Crippen LogP contribution is 2.35. The minimum Gasteiger partial charge on any atom is -0.457 e. The molecule has 0 aliphatic carbocycles. The number of amides is 2. The molecular formula is C23H17FN2O5S. The molecule has 32 heavy (non-hydrogen) atoms. The minimum atomic E-state index is -0.468. The highest BCUT2D eigenvalue weighted by molar-refractivity contribution is 8.18. The summed E-state index contributed by atoms with van der Waals surface area (Å²) in [6.45, 7) is 3.51. The van der Waals surface area contributed by atoms with Gasteiger partial charge in [0, 0.05) is 23.3 Å². The van der Waals surface area contributed by atoms with Crippen molar-refractivity contribution < 1.29 is 23.3 Å². The number of halogens is 1. The largest absolute Gasteiger partial charge is 0.457 e. The van der Waals surface area contributed by atoms with Crippen molar-refractivity contribution in [2.75, 3.05) is 0 Å². The second kappa shape index (κ2) is 8.43. The van der Waals surface area contributed by atoms with Crippen LogP contribution in [0.4, 0.5) is 14.9 Å². The van der Waals surface area contributed by atoms with Crippen molar-refractivity contribution in [3.8, 4) is 11.3 Å². The summed E-state index contributed by atoms with van der Waals surface area (Å²) in [5.41, 5.74) is 2.52. The highest BCUT2D eigenvalue weighted by atomic mass is 32.2. The molecule has 2 aromatic carbocycles. The number of carbonyl (C=O) groups is 2. The number of hydrogen-bond donors (Lipinski definition) is 0. The molecule has 1 aliphatic heterocycles. The Morgan fingerprint density at radius 3 is 2.53 bits per heavy atom. The van der Waals surface area contributed by atoms with Gasteiger partial charge in [-0.2, -0.15) is 0 Å². The standard InChI is InChI=1S/C23H17FN2O5S/c1-13-9-16(10-19(14(13)2)26(29)30)20-8-7-18(31-20)11-21-22(27)25(23(28)32-21)12-15-3-5-17(24)6-4-15/h3-11H,12H2,1-2H3/b21-11-. The van der Waals surface area contributed by atoms with E-state index in [2.05, 4.69) is 0 Å². The van der Waals surface area contributed by atoms with Crippen LogP contribution in [-0.2, 0) is 11.3 Å². The minimum absolute atomic E-state index is 0.000127. The van der Waals surface area contributed by atoms with Crippen molar-refractivity contribution in [2.24, 2.45) is 0 Å². The molecule has 9 heteroatoms. The van der Waals surface area contributed by atoms with E-state index in [9.17, 15) is 24.1 Å². The summed E-state index contributed by atoms with van der Waals surface area (Å²) >= 11 is 0.790. The molecule has 0 saturated carbocycles. The highest BCUT2D eigenvalue weighted by Gasteiger charge is 2.35. The maximum atomic E-state index is 13.1. The smallest absolute Gasteiger partial charge is 0.293 e. The van der Waals surface area contributed by atoms with E-state index >= 15 is 0 Å². The number of hydrogen-bond acceptors (Lipinski definition) is 6. The van der Waals surface area contributed by atoms with Gasteiger partial charge >= 0.3 is 0 Å². The monoisotopic (exact) mass is 452 g/mol. The van der Waals surface area contributed by atoms with Crippen LogP contribution in [0.3, 0.4) is 0 Å². The number of aryl methyl sites for hydroxylation is 1. The second-order valence-corrected chi connectivity index (χ2v) is 8.28. The number of nitro benzene ring substituents is 1. The van der Waals surface area contributed by atoms with E-state index in [-0.39, 0.29) is 17.1 Å². The van der Waals surface area contributed by atoms with Crippen LogP contribution in [0.1, 0.15) is 22.5 Å². The Balaban J connectivity index is 1.57. The lowest BCUT2D eigenvalue weighted by Crippen LogP contribution is -2.27. The van der Waals surface area contributed by atoms with Crippen molar-refractivity contribution in [3.63, 3.8) is 0 Å². The van der Waals surface area contributed by atoms with Crippen molar-refractivity contribution in [3.05, 3.63) is 91.8 Å². The van der Waals surface area contributed by atoms with Crippen LogP contribution >= 0.6 is 11.8 Å². The Bertz CT molecular complexity index is 1280. The summed E-state index contributed by atoms with van der Waals surface area (Å²) in [5, 5.41) is 10.9. The molecule has 1 saturated heterocycles. The summed E-state index contributed by atoms with van der Waals surface area (Å²) in [7, 11) is 0. The van der Waals surface area contributed by atoms with Crippen molar-refractivity contribution >= 4 is 34.7 Å². The van der Waals surface area contributed by atoms with Crippen molar-refractivity contribution in [1.29, 1.82) is 0 Å². The quantitative estimate of drug-likeness (QED) is 0.274. The maximum Gasteiger partial charge on any atom is 0.293 e. The maximum absolute atomic E-state index is 13.1. The lowest BCUT2D eigenvalue weighted by molar-refractivity contribution is -0.385. The fourth-order valence-corrected chi connectivity index (χ4v) is 4.11. The molecule has 4 rings (SSSR count). The second-order valence-electron chi connectivity index (χ2n) is 7.29. The van der Waals surface area contributed by atoms with Gasteiger partial charge in [-0.05, 0) is 67.1 Å². The lowest BCUT2D eigenvalue weighted by Gasteiger charge is -2.12. The average molecular weight is 452 g/mol. The molecule has 0 spiro atoms. The third-order valence-electron chi connectivity index (χ3n) is 5.15. The Morgan fingerprint density at radius 1 is 1.12 bits per heavy atom. The zero-order valence-corrected chi connectivity index (χ0v) is 17.9. The fourth-order valence-electron chi connectivity index (χ4n) is 3.30. The number of imide groups is 1. The Labute approximate surface area is 186 Å². The number of nitro groups is 1. The molecule has 0 radical (unpaired) electrons. The van der Waals surface area contributed by atoms with E-state index in [0.717, 1.165) is 22.2 Å². The van der Waals surface area contributed by atoms with Crippen molar-refractivity contribution in [1.82, 2.24) is 4.90 Å². The topological polar surface area (TPSA) is 93.7 Å². The Hall–Kier alpha value is -3.72. The van der Waals surface area contributed by atoms with Crippen LogP contribution in [0.5, 0.6) is 0 Å². The Kier molecular flexibility index (Phi) is 5.67. The van der Waals surface area contributed by atoms with E-state index < -0.39 is 21.9 Å². The number of nitrogens with zero attached hydrogens (tertiary/aromatic N) is 2. The molecule has 3 aromatic rings. The predicted molar refractivity (Wildman–Crippen MR) is 118 cm³/mol. The van der Waals surface area contributed by atoms with Gasteiger partial charge in [0.15, 0.2) is 0 Å². The molecule has 1 aliphatic rings. The molecule has 1 fully saturated rings. The van der Waals surface area contributed by atoms with Gasteiger partial charge in [-0.15, -0.1) is 0 Å².